The Bertz CT molecular complexity index is 374. The number of carbonyl (C=O) groups is 2. The number of aliphatic carboxylic acids is 1. The number of nitrogens with zero attached hydrogens (tertiary/aromatic N) is 2. The van der Waals surface area contributed by atoms with Gasteiger partial charge in [-0.25, -0.2) is 4.79 Å². The second-order valence-corrected chi connectivity index (χ2v) is 5.07. The van der Waals surface area contributed by atoms with Crippen molar-refractivity contribution >= 4 is 11.9 Å². The molecule has 1 saturated heterocycles. The zero-order chi connectivity index (χ0) is 13.9. The van der Waals surface area contributed by atoms with Gasteiger partial charge >= 0.3 is 5.97 Å². The van der Waals surface area contributed by atoms with Gasteiger partial charge in [-0.2, -0.15) is 0 Å². The van der Waals surface area contributed by atoms with Crippen molar-refractivity contribution in [3.05, 3.63) is 11.1 Å². The topological polar surface area (TPSA) is 60.9 Å². The third kappa shape index (κ3) is 3.32. The van der Waals surface area contributed by atoms with Crippen molar-refractivity contribution in [1.82, 2.24) is 9.80 Å². The molecule has 1 amide bonds. The molecule has 0 saturated carbocycles. The van der Waals surface area contributed by atoms with Crippen molar-refractivity contribution < 1.29 is 14.7 Å². The molecule has 0 spiro atoms. The maximum atomic E-state index is 12.2. The Hall–Kier alpha value is -1.36. The minimum Gasteiger partial charge on any atom is -0.478 e. The molecule has 102 valence electrons. The molecule has 5 heteroatoms. The summed E-state index contributed by atoms with van der Waals surface area (Å²) in [6, 6.07) is 0.362. The number of hydrogen-bond donors (Lipinski definition) is 1. The Balaban J connectivity index is 2.79. The Labute approximate surface area is 108 Å². The summed E-state index contributed by atoms with van der Waals surface area (Å²) in [5, 5.41) is 8.90. The highest BCUT2D eigenvalue weighted by atomic mass is 16.4. The van der Waals surface area contributed by atoms with E-state index < -0.39 is 5.97 Å². The van der Waals surface area contributed by atoms with E-state index >= 15 is 0 Å². The quantitative estimate of drug-likeness (QED) is 0.762. The van der Waals surface area contributed by atoms with Crippen LogP contribution in [0.4, 0.5) is 0 Å². The summed E-state index contributed by atoms with van der Waals surface area (Å²) in [6.07, 6.45) is 2.05. The molecule has 0 aliphatic carbocycles. The molecule has 1 unspecified atom stereocenters. The largest absolute Gasteiger partial charge is 0.478 e. The fourth-order valence-corrected chi connectivity index (χ4v) is 2.12. The number of hydrogen-bond acceptors (Lipinski definition) is 3. The van der Waals surface area contributed by atoms with Crippen molar-refractivity contribution in [1.29, 1.82) is 0 Å². The van der Waals surface area contributed by atoms with Gasteiger partial charge in [0.1, 0.15) is 0 Å². The van der Waals surface area contributed by atoms with Gasteiger partial charge in [-0.3, -0.25) is 4.79 Å². The number of likely N-dealkylation sites (N-methyl/N-ethyl adjacent to an activating group) is 1. The highest BCUT2D eigenvalue weighted by Crippen LogP contribution is 2.17. The highest BCUT2D eigenvalue weighted by Gasteiger charge is 2.26. The van der Waals surface area contributed by atoms with E-state index in [1.54, 1.807) is 11.8 Å². The number of amides is 1. The zero-order valence-electron chi connectivity index (χ0n) is 11.6. The summed E-state index contributed by atoms with van der Waals surface area (Å²) in [5.41, 5.74) is 0.467. The van der Waals surface area contributed by atoms with Crippen LogP contribution in [0.3, 0.4) is 0 Å². The Kier molecular flexibility index (Phi) is 4.90. The molecular formula is C13H22N2O3. The molecule has 1 aliphatic heterocycles. The summed E-state index contributed by atoms with van der Waals surface area (Å²) in [6.45, 7) is 4.46. The van der Waals surface area contributed by atoms with E-state index in [-0.39, 0.29) is 11.5 Å². The number of rotatable bonds is 3. The van der Waals surface area contributed by atoms with E-state index in [9.17, 15) is 9.59 Å². The van der Waals surface area contributed by atoms with E-state index in [1.807, 2.05) is 14.1 Å². The summed E-state index contributed by atoms with van der Waals surface area (Å²) in [5.74, 6) is -1.18. The van der Waals surface area contributed by atoms with Gasteiger partial charge in [0.2, 0.25) is 5.91 Å². The van der Waals surface area contributed by atoms with Gasteiger partial charge in [-0.05, 0) is 40.8 Å². The van der Waals surface area contributed by atoms with Gasteiger partial charge in [0.05, 0.1) is 0 Å². The van der Waals surface area contributed by atoms with Crippen molar-refractivity contribution in [2.45, 2.75) is 32.7 Å². The molecule has 1 fully saturated rings. The summed E-state index contributed by atoms with van der Waals surface area (Å²) < 4.78 is 0. The maximum absolute atomic E-state index is 12.2. The fourth-order valence-electron chi connectivity index (χ4n) is 2.12. The number of carboxylic acid groups (broad SMARTS) is 1. The Morgan fingerprint density at radius 2 is 1.83 bits per heavy atom. The van der Waals surface area contributed by atoms with Gasteiger partial charge in [0.15, 0.2) is 0 Å². The van der Waals surface area contributed by atoms with Crippen molar-refractivity contribution in [2.24, 2.45) is 0 Å². The van der Waals surface area contributed by atoms with E-state index in [2.05, 4.69) is 4.90 Å². The van der Waals surface area contributed by atoms with E-state index in [0.717, 1.165) is 12.8 Å². The Morgan fingerprint density at radius 1 is 1.22 bits per heavy atom. The second-order valence-electron chi connectivity index (χ2n) is 5.07. The molecule has 18 heavy (non-hydrogen) atoms. The van der Waals surface area contributed by atoms with Crippen molar-refractivity contribution in [2.75, 3.05) is 27.2 Å². The third-order valence-corrected chi connectivity index (χ3v) is 3.62. The molecule has 0 aromatic carbocycles. The van der Waals surface area contributed by atoms with E-state index in [1.165, 1.54) is 6.92 Å². The molecular weight excluding hydrogens is 232 g/mol. The first-order valence-corrected chi connectivity index (χ1v) is 6.21. The fraction of sp³-hybridized carbons (Fsp3) is 0.692. The van der Waals surface area contributed by atoms with Crippen LogP contribution in [-0.2, 0) is 9.59 Å². The number of carboxylic acids is 1. The van der Waals surface area contributed by atoms with Crippen LogP contribution in [0.5, 0.6) is 0 Å². The zero-order valence-corrected chi connectivity index (χ0v) is 11.6. The summed E-state index contributed by atoms with van der Waals surface area (Å²) >= 11 is 0. The molecule has 1 heterocycles. The highest BCUT2D eigenvalue weighted by molar-refractivity contribution is 6.01. The molecule has 0 aromatic heterocycles. The lowest BCUT2D eigenvalue weighted by Gasteiger charge is -2.36. The van der Waals surface area contributed by atoms with Crippen LogP contribution in [-0.4, -0.2) is 60.0 Å². The molecule has 0 aromatic rings. The Morgan fingerprint density at radius 3 is 2.33 bits per heavy atom. The van der Waals surface area contributed by atoms with Gasteiger partial charge < -0.3 is 14.9 Å². The van der Waals surface area contributed by atoms with Crippen LogP contribution >= 0.6 is 0 Å². The minimum absolute atomic E-state index is 0.131. The molecule has 5 nitrogen and oxygen atoms in total. The average Bonchev–Trinajstić information content (AvgIpc) is 2.36. The van der Waals surface area contributed by atoms with E-state index in [4.69, 9.17) is 5.11 Å². The van der Waals surface area contributed by atoms with Crippen LogP contribution in [0.1, 0.15) is 26.7 Å². The molecule has 1 atom stereocenters. The minimum atomic E-state index is -1.03. The average molecular weight is 254 g/mol. The van der Waals surface area contributed by atoms with Crippen molar-refractivity contribution in [3.63, 3.8) is 0 Å². The molecule has 0 radical (unpaired) electrons. The summed E-state index contributed by atoms with van der Waals surface area (Å²) in [4.78, 5) is 26.9. The lowest BCUT2D eigenvalue weighted by molar-refractivity contribution is -0.134. The monoisotopic (exact) mass is 254 g/mol. The third-order valence-electron chi connectivity index (χ3n) is 3.62. The smallest absolute Gasteiger partial charge is 0.331 e. The first-order valence-electron chi connectivity index (χ1n) is 6.21. The normalized spacial score (nSPS) is 21.8. The van der Waals surface area contributed by atoms with Crippen LogP contribution in [0, 0.1) is 0 Å². The van der Waals surface area contributed by atoms with E-state index in [0.29, 0.717) is 24.7 Å². The molecule has 0 bridgehead atoms. The molecule has 1 rings (SSSR count). The van der Waals surface area contributed by atoms with Gasteiger partial charge in [-0.1, -0.05) is 0 Å². The predicted octanol–water partition coefficient (Wildman–Crippen LogP) is 0.960. The molecule has 1 N–H and O–H groups in total. The van der Waals surface area contributed by atoms with Crippen LogP contribution < -0.4 is 0 Å². The lowest BCUT2D eigenvalue weighted by Crippen LogP contribution is -2.47. The van der Waals surface area contributed by atoms with Gasteiger partial charge in [0.25, 0.3) is 0 Å². The van der Waals surface area contributed by atoms with Gasteiger partial charge in [0, 0.05) is 30.3 Å². The lowest BCUT2D eigenvalue weighted by atomic mass is 10.0. The number of piperidine rings is 1. The second kappa shape index (κ2) is 6.00. The van der Waals surface area contributed by atoms with Crippen LogP contribution in [0.15, 0.2) is 11.1 Å². The standard InChI is InChI=1S/C13H22N2O3/c1-9(10(2)13(17)18)12(16)15-7-5-6-11(8-15)14(3)4/h11H,5-8H2,1-4H3,(H,17,18). The maximum Gasteiger partial charge on any atom is 0.331 e. The SMILES string of the molecule is CC(C(=O)O)=C(C)C(=O)N1CCCC(N(C)C)C1. The number of likely N-dealkylation sites (tertiary alicyclic amines) is 1. The van der Waals surface area contributed by atoms with Gasteiger partial charge in [-0.15, -0.1) is 0 Å². The summed E-state index contributed by atoms with van der Waals surface area (Å²) in [7, 11) is 4.01. The number of carbonyl (C=O) groups excluding carboxylic acids is 1. The van der Waals surface area contributed by atoms with Crippen LogP contribution in [0.25, 0.3) is 0 Å². The van der Waals surface area contributed by atoms with Crippen LogP contribution in [0.2, 0.25) is 0 Å². The van der Waals surface area contributed by atoms with Crippen molar-refractivity contribution in [3.8, 4) is 0 Å². The first-order chi connectivity index (χ1) is 8.34. The first kappa shape index (κ1) is 14.7. The molecule has 1 aliphatic rings. The predicted molar refractivity (Wildman–Crippen MR) is 69.3 cm³/mol.